The van der Waals surface area contributed by atoms with Crippen LogP contribution < -0.4 is 0 Å². The molecule has 0 saturated carbocycles. The molecule has 0 unspecified atom stereocenters. The number of benzene rings is 2. The van der Waals surface area contributed by atoms with Crippen molar-refractivity contribution in [1.29, 1.82) is 0 Å². The van der Waals surface area contributed by atoms with E-state index in [0.717, 1.165) is 11.1 Å². The van der Waals surface area contributed by atoms with Gasteiger partial charge in [0.15, 0.2) is 0 Å². The highest BCUT2D eigenvalue weighted by atomic mass is 35.5. The van der Waals surface area contributed by atoms with E-state index in [2.05, 4.69) is 0 Å². The summed E-state index contributed by atoms with van der Waals surface area (Å²) in [6, 6.07) is 10.3. The van der Waals surface area contributed by atoms with Gasteiger partial charge in [0.25, 0.3) is 0 Å². The maximum atomic E-state index is 9.74. The number of phenolic OH excluding ortho intramolecular Hbond substituents is 2. The lowest BCUT2D eigenvalue weighted by atomic mass is 10.0. The molecule has 88 valence electrons. The minimum atomic E-state index is 0.190. The molecule has 0 radical (unpaired) electrons. The molecule has 0 aliphatic rings. The van der Waals surface area contributed by atoms with Gasteiger partial charge in [0.05, 0.1) is 0 Å². The summed E-state index contributed by atoms with van der Waals surface area (Å²) >= 11 is 5.88. The molecule has 0 amide bonds. The zero-order valence-electron chi connectivity index (χ0n) is 9.44. The van der Waals surface area contributed by atoms with E-state index in [4.69, 9.17) is 11.6 Å². The first-order valence-corrected chi connectivity index (χ1v) is 5.70. The molecule has 2 nitrogen and oxygen atoms in total. The van der Waals surface area contributed by atoms with Crippen LogP contribution in [-0.2, 0) is 6.42 Å². The molecule has 0 atom stereocenters. The summed E-state index contributed by atoms with van der Waals surface area (Å²) < 4.78 is 0. The summed E-state index contributed by atoms with van der Waals surface area (Å²) in [6.07, 6.45) is 0.458. The average molecular weight is 249 g/mol. The van der Waals surface area contributed by atoms with E-state index in [1.54, 1.807) is 24.3 Å². The van der Waals surface area contributed by atoms with Crippen LogP contribution in [-0.4, -0.2) is 10.2 Å². The number of halogens is 1. The Labute approximate surface area is 105 Å². The maximum absolute atomic E-state index is 9.74. The van der Waals surface area contributed by atoms with Crippen molar-refractivity contribution < 1.29 is 10.2 Å². The molecule has 2 rings (SSSR count). The van der Waals surface area contributed by atoms with E-state index >= 15 is 0 Å². The second-order valence-electron chi connectivity index (χ2n) is 4.08. The van der Waals surface area contributed by atoms with Crippen molar-refractivity contribution in [3.05, 3.63) is 58.1 Å². The highest BCUT2D eigenvalue weighted by Gasteiger charge is 2.07. The van der Waals surface area contributed by atoms with E-state index in [-0.39, 0.29) is 11.5 Å². The molecule has 2 aromatic rings. The van der Waals surface area contributed by atoms with Crippen LogP contribution in [0.5, 0.6) is 11.5 Å². The average Bonchev–Trinajstić information content (AvgIpc) is 2.28. The third-order valence-electron chi connectivity index (χ3n) is 2.66. The highest BCUT2D eigenvalue weighted by molar-refractivity contribution is 6.30. The molecular weight excluding hydrogens is 236 g/mol. The number of phenols is 2. The molecular formula is C14H13ClO2. The standard InChI is InChI=1S/C14H13ClO2/c1-9-2-4-13(16)10(6-9)7-11-8-12(15)3-5-14(11)17/h2-6,8,16-17H,7H2,1H3. The van der Waals surface area contributed by atoms with E-state index in [0.29, 0.717) is 17.0 Å². The highest BCUT2D eigenvalue weighted by Crippen LogP contribution is 2.27. The van der Waals surface area contributed by atoms with Crippen molar-refractivity contribution >= 4 is 11.6 Å². The summed E-state index contributed by atoms with van der Waals surface area (Å²) in [5, 5.41) is 20.0. The molecule has 17 heavy (non-hydrogen) atoms. The van der Waals surface area contributed by atoms with Gasteiger partial charge in [-0.2, -0.15) is 0 Å². The number of rotatable bonds is 2. The smallest absolute Gasteiger partial charge is 0.119 e. The quantitative estimate of drug-likeness (QED) is 0.852. The molecule has 3 heteroatoms. The zero-order chi connectivity index (χ0) is 12.4. The summed E-state index contributed by atoms with van der Waals surface area (Å²) in [5.74, 6) is 0.422. The molecule has 0 aliphatic heterocycles. The monoisotopic (exact) mass is 248 g/mol. The lowest BCUT2D eigenvalue weighted by Crippen LogP contribution is -1.91. The molecule has 2 N–H and O–H groups in total. The van der Waals surface area contributed by atoms with Crippen LogP contribution in [0, 0.1) is 6.92 Å². The van der Waals surface area contributed by atoms with Crippen LogP contribution in [0.15, 0.2) is 36.4 Å². The third-order valence-corrected chi connectivity index (χ3v) is 2.89. The van der Waals surface area contributed by atoms with Crippen LogP contribution in [0.25, 0.3) is 0 Å². The molecule has 0 saturated heterocycles. The largest absolute Gasteiger partial charge is 0.508 e. The summed E-state index contributed by atoms with van der Waals surface area (Å²) in [4.78, 5) is 0. The normalized spacial score (nSPS) is 10.5. The topological polar surface area (TPSA) is 40.5 Å². The first-order valence-electron chi connectivity index (χ1n) is 5.32. The van der Waals surface area contributed by atoms with Gasteiger partial charge in [-0.05, 0) is 42.3 Å². The minimum Gasteiger partial charge on any atom is -0.508 e. The van der Waals surface area contributed by atoms with Crippen molar-refractivity contribution in [2.75, 3.05) is 0 Å². The molecule has 0 spiro atoms. The van der Waals surface area contributed by atoms with Gasteiger partial charge >= 0.3 is 0 Å². The Morgan fingerprint density at radius 2 is 1.53 bits per heavy atom. The van der Waals surface area contributed by atoms with E-state index in [1.165, 1.54) is 0 Å². The predicted octanol–water partition coefficient (Wildman–Crippen LogP) is 3.65. The van der Waals surface area contributed by atoms with Crippen molar-refractivity contribution in [1.82, 2.24) is 0 Å². The van der Waals surface area contributed by atoms with Crippen LogP contribution >= 0.6 is 11.6 Å². The van der Waals surface area contributed by atoms with Gasteiger partial charge in [-0.1, -0.05) is 29.3 Å². The fourth-order valence-corrected chi connectivity index (χ4v) is 1.95. The Morgan fingerprint density at radius 3 is 2.24 bits per heavy atom. The number of aromatic hydroxyl groups is 2. The molecule has 0 bridgehead atoms. The maximum Gasteiger partial charge on any atom is 0.119 e. The van der Waals surface area contributed by atoms with Crippen LogP contribution in [0.2, 0.25) is 5.02 Å². The van der Waals surface area contributed by atoms with Crippen molar-refractivity contribution in [2.24, 2.45) is 0 Å². The van der Waals surface area contributed by atoms with E-state index in [9.17, 15) is 10.2 Å². The summed E-state index contributed by atoms with van der Waals surface area (Å²) in [5.41, 5.74) is 2.56. The molecule has 0 heterocycles. The fraction of sp³-hybridized carbons (Fsp3) is 0.143. The minimum absolute atomic E-state index is 0.190. The second kappa shape index (κ2) is 4.68. The van der Waals surface area contributed by atoms with Gasteiger partial charge in [0.2, 0.25) is 0 Å². The summed E-state index contributed by atoms with van der Waals surface area (Å²) in [7, 11) is 0. The zero-order valence-corrected chi connectivity index (χ0v) is 10.2. The van der Waals surface area contributed by atoms with Crippen LogP contribution in [0.4, 0.5) is 0 Å². The van der Waals surface area contributed by atoms with Crippen molar-refractivity contribution in [3.63, 3.8) is 0 Å². The first kappa shape index (κ1) is 11.8. The van der Waals surface area contributed by atoms with E-state index < -0.39 is 0 Å². The second-order valence-corrected chi connectivity index (χ2v) is 4.52. The third kappa shape index (κ3) is 2.71. The van der Waals surface area contributed by atoms with Gasteiger partial charge in [0, 0.05) is 11.4 Å². The summed E-state index contributed by atoms with van der Waals surface area (Å²) in [6.45, 7) is 1.96. The Hall–Kier alpha value is -1.67. The Balaban J connectivity index is 2.37. The SMILES string of the molecule is Cc1ccc(O)c(Cc2cc(Cl)ccc2O)c1. The van der Waals surface area contributed by atoms with Gasteiger partial charge in [-0.3, -0.25) is 0 Å². The van der Waals surface area contributed by atoms with Crippen molar-refractivity contribution in [2.45, 2.75) is 13.3 Å². The molecule has 0 aromatic heterocycles. The number of aryl methyl sites for hydroxylation is 1. The first-order chi connectivity index (χ1) is 8.06. The van der Waals surface area contributed by atoms with Gasteiger partial charge < -0.3 is 10.2 Å². The lowest BCUT2D eigenvalue weighted by Gasteiger charge is -2.08. The van der Waals surface area contributed by atoms with Crippen LogP contribution in [0.1, 0.15) is 16.7 Å². The van der Waals surface area contributed by atoms with Gasteiger partial charge in [-0.25, -0.2) is 0 Å². The van der Waals surface area contributed by atoms with Crippen molar-refractivity contribution in [3.8, 4) is 11.5 Å². The molecule has 2 aromatic carbocycles. The predicted molar refractivity (Wildman–Crippen MR) is 68.8 cm³/mol. The fourth-order valence-electron chi connectivity index (χ4n) is 1.76. The van der Waals surface area contributed by atoms with Crippen LogP contribution in [0.3, 0.4) is 0 Å². The van der Waals surface area contributed by atoms with Gasteiger partial charge in [-0.15, -0.1) is 0 Å². The Morgan fingerprint density at radius 1 is 0.941 bits per heavy atom. The Bertz CT molecular complexity index is 500. The molecule has 0 aliphatic carbocycles. The number of hydrogen-bond donors (Lipinski definition) is 2. The van der Waals surface area contributed by atoms with Gasteiger partial charge in [0.1, 0.15) is 11.5 Å². The molecule has 0 fully saturated rings. The lowest BCUT2D eigenvalue weighted by molar-refractivity contribution is 0.463. The number of hydrogen-bond acceptors (Lipinski definition) is 2. The Kier molecular flexibility index (Phi) is 3.25. The van der Waals surface area contributed by atoms with E-state index in [1.807, 2.05) is 19.1 Å².